The lowest BCUT2D eigenvalue weighted by Crippen LogP contribution is -2.51. The fourth-order valence-corrected chi connectivity index (χ4v) is 4.78. The van der Waals surface area contributed by atoms with Crippen LogP contribution in [0.3, 0.4) is 0 Å². The molecule has 32 heavy (non-hydrogen) atoms. The van der Waals surface area contributed by atoms with Gasteiger partial charge < -0.3 is 10.2 Å². The number of H-pyrrole nitrogens is 1. The predicted molar refractivity (Wildman–Crippen MR) is 118 cm³/mol. The van der Waals surface area contributed by atoms with Crippen LogP contribution in [0.25, 0.3) is 16.8 Å². The molecule has 3 aliphatic rings. The number of carbonyl (C=O) groups excluding carboxylic acids is 1. The zero-order valence-electron chi connectivity index (χ0n) is 17.6. The molecule has 1 saturated heterocycles. The van der Waals surface area contributed by atoms with Crippen LogP contribution in [-0.2, 0) is 17.6 Å². The number of halogens is 1. The smallest absolute Gasteiger partial charge is 0.348 e. The number of rotatable bonds is 5. The molecule has 7 nitrogen and oxygen atoms in total. The summed E-state index contributed by atoms with van der Waals surface area (Å²) in [6.45, 7) is 2.26. The first-order valence-electron chi connectivity index (χ1n) is 11.2. The molecule has 3 heterocycles. The number of aromatic nitrogens is 3. The van der Waals surface area contributed by atoms with E-state index in [0.717, 1.165) is 42.6 Å². The number of anilines is 1. The maximum Gasteiger partial charge on any atom is 0.348 e. The average molecular weight is 433 g/mol. The first-order valence-corrected chi connectivity index (χ1v) is 11.2. The highest BCUT2D eigenvalue weighted by atomic mass is 19.1. The number of fused-ring (bicyclic) bond motifs is 1. The molecule has 1 aromatic heterocycles. The van der Waals surface area contributed by atoms with E-state index in [1.54, 1.807) is 6.07 Å². The highest BCUT2D eigenvalue weighted by Gasteiger charge is 2.39. The van der Waals surface area contributed by atoms with Crippen LogP contribution in [-0.4, -0.2) is 45.2 Å². The van der Waals surface area contributed by atoms with Crippen LogP contribution < -0.4 is 11.0 Å². The van der Waals surface area contributed by atoms with Crippen LogP contribution in [0, 0.1) is 17.7 Å². The number of likely N-dealkylation sites (tertiary alicyclic amines) is 1. The molecule has 1 aliphatic carbocycles. The molecule has 2 N–H and O–H groups in total. The maximum atomic E-state index is 15.2. The van der Waals surface area contributed by atoms with E-state index in [9.17, 15) is 9.59 Å². The highest BCUT2D eigenvalue weighted by molar-refractivity contribution is 5.81. The summed E-state index contributed by atoms with van der Waals surface area (Å²) in [7, 11) is 0. The normalized spacial score (nSPS) is 17.7. The molecular formula is C24H24FN5O2. The average Bonchev–Trinajstić information content (AvgIpc) is 3.40. The van der Waals surface area contributed by atoms with Crippen molar-refractivity contribution >= 4 is 11.6 Å². The van der Waals surface area contributed by atoms with Crippen molar-refractivity contribution in [2.45, 2.75) is 25.7 Å². The van der Waals surface area contributed by atoms with Gasteiger partial charge in [0.1, 0.15) is 11.6 Å². The second kappa shape index (κ2) is 7.32. The summed E-state index contributed by atoms with van der Waals surface area (Å²) < 4.78 is 16.5. The first kappa shape index (κ1) is 19.3. The van der Waals surface area contributed by atoms with Gasteiger partial charge in [0.15, 0.2) is 0 Å². The van der Waals surface area contributed by atoms with Crippen molar-refractivity contribution in [3.63, 3.8) is 0 Å². The number of carbonyl (C=O) groups is 1. The zero-order valence-corrected chi connectivity index (χ0v) is 17.6. The van der Waals surface area contributed by atoms with Crippen molar-refractivity contribution in [2.75, 3.05) is 25.0 Å². The number of benzene rings is 2. The Labute approximate surface area is 184 Å². The Balaban J connectivity index is 1.23. The van der Waals surface area contributed by atoms with Gasteiger partial charge >= 0.3 is 5.69 Å². The van der Waals surface area contributed by atoms with E-state index in [1.807, 2.05) is 23.1 Å². The SMILES string of the molecule is O=C(C1CC1)N1CC(Cc2n[nH]c(=O)n2-c2ccc(-c3ccc4c(c3)NCC4)cc2F)C1. The van der Waals surface area contributed by atoms with Gasteiger partial charge in [-0.1, -0.05) is 18.2 Å². The number of aromatic amines is 1. The molecule has 2 aliphatic heterocycles. The molecule has 8 heteroatoms. The Morgan fingerprint density at radius 3 is 2.69 bits per heavy atom. The summed E-state index contributed by atoms with van der Waals surface area (Å²) in [6.07, 6.45) is 3.51. The Kier molecular flexibility index (Phi) is 4.41. The monoisotopic (exact) mass is 433 g/mol. The van der Waals surface area contributed by atoms with Crippen molar-refractivity contribution in [2.24, 2.45) is 11.8 Å². The topological polar surface area (TPSA) is 83.0 Å². The Morgan fingerprint density at radius 1 is 1.12 bits per heavy atom. The molecule has 0 bridgehead atoms. The van der Waals surface area contributed by atoms with Crippen LogP contribution in [0.15, 0.2) is 41.2 Å². The summed E-state index contributed by atoms with van der Waals surface area (Å²) in [5.74, 6) is 0.706. The zero-order chi connectivity index (χ0) is 21.8. The third kappa shape index (κ3) is 3.30. The van der Waals surface area contributed by atoms with Crippen molar-refractivity contribution in [3.8, 4) is 16.8 Å². The molecule has 2 fully saturated rings. The summed E-state index contributed by atoms with van der Waals surface area (Å²) in [4.78, 5) is 26.4. The Morgan fingerprint density at radius 2 is 1.91 bits per heavy atom. The van der Waals surface area contributed by atoms with Gasteiger partial charge in [0.2, 0.25) is 5.91 Å². The molecule has 1 amide bonds. The maximum absolute atomic E-state index is 15.2. The summed E-state index contributed by atoms with van der Waals surface area (Å²) >= 11 is 0. The molecule has 0 atom stereocenters. The van der Waals surface area contributed by atoms with Crippen molar-refractivity contribution in [1.29, 1.82) is 0 Å². The molecule has 2 aromatic carbocycles. The van der Waals surface area contributed by atoms with E-state index < -0.39 is 11.5 Å². The number of amides is 1. The van der Waals surface area contributed by atoms with Crippen LogP contribution >= 0.6 is 0 Å². The van der Waals surface area contributed by atoms with Crippen molar-refractivity contribution < 1.29 is 9.18 Å². The van der Waals surface area contributed by atoms with Gasteiger partial charge in [0.05, 0.1) is 5.69 Å². The van der Waals surface area contributed by atoms with E-state index in [1.165, 1.54) is 16.2 Å². The largest absolute Gasteiger partial charge is 0.384 e. The molecular weight excluding hydrogens is 409 g/mol. The lowest BCUT2D eigenvalue weighted by molar-refractivity contribution is -0.138. The molecule has 1 saturated carbocycles. The molecule has 0 unspecified atom stereocenters. The van der Waals surface area contributed by atoms with Crippen LogP contribution in [0.5, 0.6) is 0 Å². The predicted octanol–water partition coefficient (Wildman–Crippen LogP) is 2.75. The van der Waals surface area contributed by atoms with E-state index in [2.05, 4.69) is 21.6 Å². The summed E-state index contributed by atoms with van der Waals surface area (Å²) in [5.41, 5.74) is 3.78. The molecule has 0 radical (unpaired) electrons. The van der Waals surface area contributed by atoms with Crippen LogP contribution in [0.2, 0.25) is 0 Å². The van der Waals surface area contributed by atoms with Gasteiger partial charge in [-0.05, 0) is 54.2 Å². The molecule has 164 valence electrons. The third-order valence-electron chi connectivity index (χ3n) is 6.75. The third-order valence-corrected chi connectivity index (χ3v) is 6.75. The van der Waals surface area contributed by atoms with Gasteiger partial charge in [0, 0.05) is 43.6 Å². The van der Waals surface area contributed by atoms with E-state index in [-0.39, 0.29) is 23.4 Å². The van der Waals surface area contributed by atoms with E-state index in [4.69, 9.17) is 0 Å². The van der Waals surface area contributed by atoms with Crippen LogP contribution in [0.1, 0.15) is 24.2 Å². The van der Waals surface area contributed by atoms with Crippen molar-refractivity contribution in [3.05, 3.63) is 64.1 Å². The summed E-state index contributed by atoms with van der Waals surface area (Å²) in [5, 5.41) is 9.94. The minimum Gasteiger partial charge on any atom is -0.384 e. The van der Waals surface area contributed by atoms with Gasteiger partial charge in [-0.2, -0.15) is 5.10 Å². The lowest BCUT2D eigenvalue weighted by atomic mass is 9.95. The second-order valence-corrected chi connectivity index (χ2v) is 9.08. The second-order valence-electron chi connectivity index (χ2n) is 9.08. The minimum atomic E-state index is -0.472. The number of nitrogens with one attached hydrogen (secondary N) is 2. The molecule has 6 rings (SSSR count). The van der Waals surface area contributed by atoms with Gasteiger partial charge in [0.25, 0.3) is 0 Å². The fourth-order valence-electron chi connectivity index (χ4n) is 4.78. The standard InChI is InChI=1S/C24H24FN5O2/c25-19-10-17(18-4-1-15-7-8-26-20(15)11-18)5-6-21(19)30-22(27-28-24(30)32)9-14-12-29(13-14)23(31)16-2-3-16/h1,4-6,10-11,14,16,26H,2-3,7-9,12-13H2,(H,28,32). The Bertz CT molecular complexity index is 1270. The summed E-state index contributed by atoms with van der Waals surface area (Å²) in [6, 6.07) is 11.0. The molecule has 0 spiro atoms. The van der Waals surface area contributed by atoms with Gasteiger partial charge in [-0.25, -0.2) is 18.9 Å². The lowest BCUT2D eigenvalue weighted by Gasteiger charge is -2.39. The first-order chi connectivity index (χ1) is 15.6. The highest BCUT2D eigenvalue weighted by Crippen LogP contribution is 2.34. The number of hydrogen-bond acceptors (Lipinski definition) is 4. The van der Waals surface area contributed by atoms with Gasteiger partial charge in [-0.3, -0.25) is 4.79 Å². The van der Waals surface area contributed by atoms with E-state index in [0.29, 0.717) is 25.3 Å². The van der Waals surface area contributed by atoms with Crippen molar-refractivity contribution in [1.82, 2.24) is 19.7 Å². The van der Waals surface area contributed by atoms with Gasteiger partial charge in [-0.15, -0.1) is 0 Å². The molecule has 3 aromatic rings. The minimum absolute atomic E-state index is 0.187. The quantitative estimate of drug-likeness (QED) is 0.648. The van der Waals surface area contributed by atoms with Crippen LogP contribution in [0.4, 0.5) is 10.1 Å². The fraction of sp³-hybridized carbons (Fsp3) is 0.375. The number of nitrogens with zero attached hydrogens (tertiary/aromatic N) is 3. The van der Waals surface area contributed by atoms with E-state index >= 15 is 4.39 Å². The number of hydrogen-bond donors (Lipinski definition) is 2. The Hall–Kier alpha value is -3.42.